The highest BCUT2D eigenvalue weighted by molar-refractivity contribution is 5.19. The van der Waals surface area contributed by atoms with E-state index in [4.69, 9.17) is 0 Å². The lowest BCUT2D eigenvalue weighted by Crippen LogP contribution is -2.38. The zero-order valence-electron chi connectivity index (χ0n) is 11.8. The predicted molar refractivity (Wildman–Crippen MR) is 75.2 cm³/mol. The van der Waals surface area contributed by atoms with Gasteiger partial charge in [-0.1, -0.05) is 19.9 Å². The van der Waals surface area contributed by atoms with Crippen molar-refractivity contribution in [3.05, 3.63) is 29.6 Å². The van der Waals surface area contributed by atoms with E-state index in [9.17, 15) is 0 Å². The lowest BCUT2D eigenvalue weighted by atomic mass is 9.88. The fraction of sp³-hybridized carbons (Fsp3) is 0.667. The van der Waals surface area contributed by atoms with Crippen LogP contribution < -0.4 is 5.32 Å². The monoisotopic (exact) mass is 247 g/mol. The van der Waals surface area contributed by atoms with Gasteiger partial charge in [-0.15, -0.1) is 0 Å². The minimum absolute atomic E-state index is 0.801. The van der Waals surface area contributed by atoms with Crippen molar-refractivity contribution in [3.63, 3.8) is 0 Å². The normalized spacial score (nSPS) is 25.3. The van der Waals surface area contributed by atoms with Gasteiger partial charge >= 0.3 is 0 Å². The van der Waals surface area contributed by atoms with Crippen LogP contribution in [0.25, 0.3) is 0 Å². The Morgan fingerprint density at radius 2 is 2.22 bits per heavy atom. The highest BCUT2D eigenvalue weighted by Crippen LogP contribution is 2.23. The average molecular weight is 247 g/mol. The van der Waals surface area contributed by atoms with Crippen molar-refractivity contribution in [2.75, 3.05) is 20.1 Å². The van der Waals surface area contributed by atoms with Gasteiger partial charge in [0.1, 0.15) is 0 Å². The Kier molecular flexibility index (Phi) is 4.72. The molecule has 0 spiro atoms. The summed E-state index contributed by atoms with van der Waals surface area (Å²) in [6.45, 7) is 9.05. The van der Waals surface area contributed by atoms with Crippen molar-refractivity contribution in [3.8, 4) is 0 Å². The first-order valence-corrected chi connectivity index (χ1v) is 7.00. The molecule has 0 amide bonds. The Balaban J connectivity index is 2.01. The second-order valence-electron chi connectivity index (χ2n) is 5.62. The molecule has 3 nitrogen and oxygen atoms in total. The maximum atomic E-state index is 4.55. The second-order valence-corrected chi connectivity index (χ2v) is 5.62. The summed E-state index contributed by atoms with van der Waals surface area (Å²) in [6, 6.07) is 4.20. The number of rotatable bonds is 4. The van der Waals surface area contributed by atoms with E-state index in [2.05, 4.69) is 35.1 Å². The summed E-state index contributed by atoms with van der Waals surface area (Å²) in [4.78, 5) is 7.10. The molecule has 100 valence electrons. The lowest BCUT2D eigenvalue weighted by Gasteiger charge is -2.35. The van der Waals surface area contributed by atoms with Crippen molar-refractivity contribution in [1.82, 2.24) is 15.2 Å². The topological polar surface area (TPSA) is 28.2 Å². The van der Waals surface area contributed by atoms with Gasteiger partial charge in [0.15, 0.2) is 0 Å². The highest BCUT2D eigenvalue weighted by atomic mass is 15.1. The number of pyridine rings is 1. The first kappa shape index (κ1) is 13.5. The van der Waals surface area contributed by atoms with E-state index in [-0.39, 0.29) is 0 Å². The summed E-state index contributed by atoms with van der Waals surface area (Å²) in [6.07, 6.45) is 3.22. The van der Waals surface area contributed by atoms with Gasteiger partial charge in [-0.3, -0.25) is 9.88 Å². The van der Waals surface area contributed by atoms with E-state index < -0.39 is 0 Å². The standard InChI is InChI=1S/C15H25N3/c1-12-6-8-18(10-13(12)2)11-15-14(9-16-3)5-4-7-17-15/h4-5,7,12-13,16H,6,8-11H2,1-3H3. The molecule has 0 bridgehead atoms. The van der Waals surface area contributed by atoms with Gasteiger partial charge in [0.05, 0.1) is 5.69 Å². The molecule has 1 saturated heterocycles. The number of piperidine rings is 1. The molecule has 1 aliphatic rings. The Morgan fingerprint density at radius 3 is 2.94 bits per heavy atom. The molecule has 1 N–H and O–H groups in total. The molecule has 2 rings (SSSR count). The van der Waals surface area contributed by atoms with Crippen molar-refractivity contribution < 1.29 is 0 Å². The quantitative estimate of drug-likeness (QED) is 0.885. The summed E-state index contributed by atoms with van der Waals surface area (Å²) in [5, 5.41) is 3.22. The summed E-state index contributed by atoms with van der Waals surface area (Å²) in [5.74, 6) is 1.66. The zero-order chi connectivity index (χ0) is 13.0. The smallest absolute Gasteiger partial charge is 0.0588 e. The van der Waals surface area contributed by atoms with Crippen LogP contribution in [-0.2, 0) is 13.1 Å². The van der Waals surface area contributed by atoms with Gasteiger partial charge in [-0.25, -0.2) is 0 Å². The molecule has 1 fully saturated rings. The molecule has 2 unspecified atom stereocenters. The fourth-order valence-electron chi connectivity index (χ4n) is 2.67. The molecule has 0 aliphatic carbocycles. The van der Waals surface area contributed by atoms with E-state index in [1.54, 1.807) is 0 Å². The van der Waals surface area contributed by atoms with Crippen LogP contribution in [0, 0.1) is 11.8 Å². The molecule has 0 aromatic carbocycles. The Hall–Kier alpha value is -0.930. The molecular formula is C15H25N3. The maximum Gasteiger partial charge on any atom is 0.0588 e. The molecule has 3 heteroatoms. The number of nitrogens with one attached hydrogen (secondary N) is 1. The van der Waals surface area contributed by atoms with Crippen molar-refractivity contribution >= 4 is 0 Å². The maximum absolute atomic E-state index is 4.55. The second kappa shape index (κ2) is 6.30. The van der Waals surface area contributed by atoms with Gasteiger partial charge in [0.25, 0.3) is 0 Å². The van der Waals surface area contributed by atoms with Crippen LogP contribution in [0.4, 0.5) is 0 Å². The first-order valence-electron chi connectivity index (χ1n) is 7.00. The zero-order valence-corrected chi connectivity index (χ0v) is 11.8. The van der Waals surface area contributed by atoms with Gasteiger partial charge in [0.2, 0.25) is 0 Å². The van der Waals surface area contributed by atoms with Crippen LogP contribution in [0.15, 0.2) is 18.3 Å². The molecule has 2 atom stereocenters. The van der Waals surface area contributed by atoms with E-state index in [0.717, 1.165) is 24.9 Å². The summed E-state index contributed by atoms with van der Waals surface area (Å²) in [5.41, 5.74) is 2.56. The number of aromatic nitrogens is 1. The van der Waals surface area contributed by atoms with Gasteiger partial charge in [-0.05, 0) is 43.5 Å². The molecular weight excluding hydrogens is 222 g/mol. The molecule has 1 aromatic heterocycles. The fourth-order valence-corrected chi connectivity index (χ4v) is 2.67. The Morgan fingerprint density at radius 1 is 1.39 bits per heavy atom. The third-order valence-electron chi connectivity index (χ3n) is 4.14. The summed E-state index contributed by atoms with van der Waals surface area (Å²) >= 11 is 0. The van der Waals surface area contributed by atoms with Gasteiger partial charge in [-0.2, -0.15) is 0 Å². The van der Waals surface area contributed by atoms with E-state index in [1.165, 1.54) is 30.8 Å². The Labute approximate surface area is 111 Å². The van der Waals surface area contributed by atoms with Gasteiger partial charge in [0, 0.05) is 25.8 Å². The third kappa shape index (κ3) is 3.30. The number of hydrogen-bond donors (Lipinski definition) is 1. The third-order valence-corrected chi connectivity index (χ3v) is 4.14. The number of likely N-dealkylation sites (tertiary alicyclic amines) is 1. The molecule has 1 aromatic rings. The first-order chi connectivity index (χ1) is 8.70. The molecule has 2 heterocycles. The summed E-state index contributed by atoms with van der Waals surface area (Å²) < 4.78 is 0. The lowest BCUT2D eigenvalue weighted by molar-refractivity contribution is 0.130. The number of hydrogen-bond acceptors (Lipinski definition) is 3. The minimum atomic E-state index is 0.801. The number of nitrogens with zero attached hydrogens (tertiary/aromatic N) is 2. The van der Waals surface area contributed by atoms with Crippen molar-refractivity contribution in [2.45, 2.75) is 33.4 Å². The molecule has 18 heavy (non-hydrogen) atoms. The predicted octanol–water partition coefficient (Wildman–Crippen LogP) is 2.28. The van der Waals surface area contributed by atoms with Gasteiger partial charge < -0.3 is 5.32 Å². The van der Waals surface area contributed by atoms with E-state index >= 15 is 0 Å². The van der Waals surface area contributed by atoms with Crippen molar-refractivity contribution in [1.29, 1.82) is 0 Å². The average Bonchev–Trinajstić information content (AvgIpc) is 2.37. The van der Waals surface area contributed by atoms with Crippen LogP contribution in [0.5, 0.6) is 0 Å². The van der Waals surface area contributed by atoms with E-state index in [1.807, 2.05) is 19.3 Å². The molecule has 0 radical (unpaired) electrons. The minimum Gasteiger partial charge on any atom is -0.316 e. The van der Waals surface area contributed by atoms with Crippen LogP contribution in [0.3, 0.4) is 0 Å². The van der Waals surface area contributed by atoms with E-state index in [0.29, 0.717) is 0 Å². The largest absolute Gasteiger partial charge is 0.316 e. The van der Waals surface area contributed by atoms with Crippen LogP contribution in [-0.4, -0.2) is 30.0 Å². The molecule has 0 saturated carbocycles. The van der Waals surface area contributed by atoms with Crippen LogP contribution >= 0.6 is 0 Å². The summed E-state index contributed by atoms with van der Waals surface area (Å²) in [7, 11) is 1.99. The SMILES string of the molecule is CNCc1cccnc1CN1CCC(C)C(C)C1. The Bertz CT molecular complexity index is 378. The van der Waals surface area contributed by atoms with Crippen molar-refractivity contribution in [2.24, 2.45) is 11.8 Å². The van der Waals surface area contributed by atoms with Crippen LogP contribution in [0.2, 0.25) is 0 Å². The molecule has 1 aliphatic heterocycles. The highest BCUT2D eigenvalue weighted by Gasteiger charge is 2.23. The van der Waals surface area contributed by atoms with Crippen LogP contribution in [0.1, 0.15) is 31.5 Å².